The van der Waals surface area contributed by atoms with E-state index < -0.39 is 0 Å². The fourth-order valence-corrected chi connectivity index (χ4v) is 2.50. The van der Waals surface area contributed by atoms with Crippen LogP contribution in [0.5, 0.6) is 0 Å². The van der Waals surface area contributed by atoms with Gasteiger partial charge in [0.2, 0.25) is 0 Å². The number of benzene rings is 2. The van der Waals surface area contributed by atoms with E-state index in [9.17, 15) is 0 Å². The molecule has 1 aliphatic rings. The Morgan fingerprint density at radius 2 is 1.69 bits per heavy atom. The van der Waals surface area contributed by atoms with Gasteiger partial charge in [-0.3, -0.25) is 0 Å². The average Bonchev–Trinajstić information content (AvgIpc) is 2.77. The summed E-state index contributed by atoms with van der Waals surface area (Å²) in [4.78, 5) is 0. The van der Waals surface area contributed by atoms with Crippen LogP contribution in [-0.2, 0) is 13.1 Å². The second-order valence-corrected chi connectivity index (χ2v) is 4.43. The molecule has 0 aromatic heterocycles. The molecule has 1 nitrogen and oxygen atoms in total. The molecular formula is C14H12ClN. The van der Waals surface area contributed by atoms with Gasteiger partial charge in [-0.2, -0.15) is 0 Å². The molecule has 1 heterocycles. The lowest BCUT2D eigenvalue weighted by Crippen LogP contribution is -2.00. The number of halogens is 1. The van der Waals surface area contributed by atoms with Gasteiger partial charge >= 0.3 is 0 Å². The maximum atomic E-state index is 6.24. The Labute approximate surface area is 100 Å². The number of nitrogens with one attached hydrogen (secondary N) is 1. The molecule has 0 spiro atoms. The molecule has 3 rings (SSSR count). The van der Waals surface area contributed by atoms with E-state index in [-0.39, 0.29) is 0 Å². The maximum Gasteiger partial charge on any atom is 0.0484 e. The molecule has 0 aliphatic carbocycles. The summed E-state index contributed by atoms with van der Waals surface area (Å²) in [6, 6.07) is 14.4. The number of fused-ring (bicyclic) bond motifs is 1. The Kier molecular flexibility index (Phi) is 2.43. The van der Waals surface area contributed by atoms with E-state index in [0.717, 1.165) is 23.7 Å². The summed E-state index contributed by atoms with van der Waals surface area (Å²) >= 11 is 6.24. The van der Waals surface area contributed by atoms with Gasteiger partial charge in [-0.25, -0.2) is 0 Å². The monoisotopic (exact) mass is 229 g/mol. The second-order valence-electron chi connectivity index (χ2n) is 4.03. The van der Waals surface area contributed by atoms with Crippen LogP contribution in [0.15, 0.2) is 42.5 Å². The SMILES string of the molecule is Clc1ccccc1-c1cccc2c1CNC2. The molecule has 0 saturated carbocycles. The summed E-state index contributed by atoms with van der Waals surface area (Å²) in [7, 11) is 0. The molecule has 0 fully saturated rings. The molecule has 0 atom stereocenters. The van der Waals surface area contributed by atoms with Crippen LogP contribution in [0, 0.1) is 0 Å². The lowest BCUT2D eigenvalue weighted by Gasteiger charge is -2.09. The molecule has 1 N–H and O–H groups in total. The normalized spacial score (nSPS) is 13.8. The van der Waals surface area contributed by atoms with E-state index >= 15 is 0 Å². The van der Waals surface area contributed by atoms with Crippen molar-refractivity contribution in [2.45, 2.75) is 13.1 Å². The zero-order valence-electron chi connectivity index (χ0n) is 8.83. The summed E-state index contributed by atoms with van der Waals surface area (Å²) in [5, 5.41) is 4.20. The fraction of sp³-hybridized carbons (Fsp3) is 0.143. The van der Waals surface area contributed by atoms with Gasteiger partial charge in [0.25, 0.3) is 0 Å². The van der Waals surface area contributed by atoms with E-state index in [2.05, 4.69) is 29.6 Å². The maximum absolute atomic E-state index is 6.24. The predicted octanol–water partition coefficient (Wildman–Crippen LogP) is 3.61. The van der Waals surface area contributed by atoms with Gasteiger partial charge in [-0.1, -0.05) is 48.0 Å². The van der Waals surface area contributed by atoms with E-state index in [0.29, 0.717) is 0 Å². The number of rotatable bonds is 1. The van der Waals surface area contributed by atoms with Crippen LogP contribution < -0.4 is 5.32 Å². The average molecular weight is 230 g/mol. The van der Waals surface area contributed by atoms with Crippen molar-refractivity contribution in [3.63, 3.8) is 0 Å². The molecular weight excluding hydrogens is 218 g/mol. The minimum atomic E-state index is 0.822. The van der Waals surface area contributed by atoms with Gasteiger partial charge in [0, 0.05) is 23.7 Å². The third kappa shape index (κ3) is 1.53. The highest BCUT2D eigenvalue weighted by Gasteiger charge is 2.15. The molecule has 0 amide bonds. The van der Waals surface area contributed by atoms with E-state index in [4.69, 9.17) is 11.6 Å². The molecule has 16 heavy (non-hydrogen) atoms. The first-order chi connectivity index (χ1) is 7.86. The number of hydrogen-bond donors (Lipinski definition) is 1. The van der Waals surface area contributed by atoms with Crippen LogP contribution in [0.1, 0.15) is 11.1 Å². The minimum Gasteiger partial charge on any atom is -0.309 e. The largest absolute Gasteiger partial charge is 0.309 e. The third-order valence-electron chi connectivity index (χ3n) is 3.05. The van der Waals surface area contributed by atoms with Crippen molar-refractivity contribution in [3.8, 4) is 11.1 Å². The second kappa shape index (κ2) is 3.93. The molecule has 0 unspecified atom stereocenters. The van der Waals surface area contributed by atoms with Crippen molar-refractivity contribution < 1.29 is 0 Å². The molecule has 0 radical (unpaired) electrons. The Morgan fingerprint density at radius 3 is 2.56 bits per heavy atom. The zero-order valence-corrected chi connectivity index (χ0v) is 9.59. The van der Waals surface area contributed by atoms with E-state index in [1.54, 1.807) is 0 Å². The lowest BCUT2D eigenvalue weighted by atomic mass is 9.97. The first kappa shape index (κ1) is 9.88. The summed E-state index contributed by atoms with van der Waals surface area (Å²) in [6.45, 7) is 1.91. The highest BCUT2D eigenvalue weighted by atomic mass is 35.5. The smallest absolute Gasteiger partial charge is 0.0484 e. The summed E-state index contributed by atoms with van der Waals surface area (Å²) in [6.07, 6.45) is 0. The molecule has 80 valence electrons. The molecule has 2 aromatic rings. The Hall–Kier alpha value is -1.31. The van der Waals surface area contributed by atoms with Gasteiger partial charge in [-0.05, 0) is 22.8 Å². The standard InChI is InChI=1S/C14H12ClN/c15-14-7-2-1-5-12(14)11-6-3-4-10-8-16-9-13(10)11/h1-7,16H,8-9H2. The first-order valence-corrected chi connectivity index (χ1v) is 5.80. The van der Waals surface area contributed by atoms with Crippen molar-refractivity contribution >= 4 is 11.6 Å². The molecule has 2 heteroatoms. The van der Waals surface area contributed by atoms with Crippen LogP contribution >= 0.6 is 11.6 Å². The quantitative estimate of drug-likeness (QED) is 0.788. The summed E-state index contributed by atoms with van der Waals surface area (Å²) in [5.74, 6) is 0. The molecule has 2 aromatic carbocycles. The first-order valence-electron chi connectivity index (χ1n) is 5.42. The van der Waals surface area contributed by atoms with Crippen molar-refractivity contribution in [1.82, 2.24) is 5.32 Å². The molecule has 0 bridgehead atoms. The van der Waals surface area contributed by atoms with Gasteiger partial charge in [0.1, 0.15) is 0 Å². The van der Waals surface area contributed by atoms with Gasteiger partial charge < -0.3 is 5.32 Å². The Morgan fingerprint density at radius 1 is 0.875 bits per heavy atom. The van der Waals surface area contributed by atoms with Crippen LogP contribution in [0.3, 0.4) is 0 Å². The van der Waals surface area contributed by atoms with Crippen molar-refractivity contribution in [2.24, 2.45) is 0 Å². The molecule has 1 aliphatic heterocycles. The van der Waals surface area contributed by atoms with Crippen molar-refractivity contribution in [3.05, 3.63) is 58.6 Å². The van der Waals surface area contributed by atoms with Crippen LogP contribution in [0.4, 0.5) is 0 Å². The fourth-order valence-electron chi connectivity index (χ4n) is 2.26. The van der Waals surface area contributed by atoms with E-state index in [1.165, 1.54) is 16.7 Å². The van der Waals surface area contributed by atoms with Gasteiger partial charge in [-0.15, -0.1) is 0 Å². The van der Waals surface area contributed by atoms with E-state index in [1.807, 2.05) is 18.2 Å². The lowest BCUT2D eigenvalue weighted by molar-refractivity contribution is 0.765. The highest BCUT2D eigenvalue weighted by molar-refractivity contribution is 6.33. The Bertz CT molecular complexity index is 534. The topological polar surface area (TPSA) is 12.0 Å². The zero-order chi connectivity index (χ0) is 11.0. The summed E-state index contributed by atoms with van der Waals surface area (Å²) < 4.78 is 0. The van der Waals surface area contributed by atoms with Crippen molar-refractivity contribution in [1.29, 1.82) is 0 Å². The van der Waals surface area contributed by atoms with Crippen molar-refractivity contribution in [2.75, 3.05) is 0 Å². The third-order valence-corrected chi connectivity index (χ3v) is 3.38. The number of hydrogen-bond acceptors (Lipinski definition) is 1. The van der Waals surface area contributed by atoms with Crippen LogP contribution in [0.2, 0.25) is 5.02 Å². The Balaban J connectivity index is 2.21. The van der Waals surface area contributed by atoms with Crippen LogP contribution in [0.25, 0.3) is 11.1 Å². The minimum absolute atomic E-state index is 0.822. The van der Waals surface area contributed by atoms with Crippen LogP contribution in [-0.4, -0.2) is 0 Å². The highest BCUT2D eigenvalue weighted by Crippen LogP contribution is 2.33. The van der Waals surface area contributed by atoms with Gasteiger partial charge in [0.15, 0.2) is 0 Å². The predicted molar refractivity (Wildman–Crippen MR) is 67.4 cm³/mol. The van der Waals surface area contributed by atoms with Gasteiger partial charge in [0.05, 0.1) is 0 Å². The molecule has 0 saturated heterocycles. The summed E-state index contributed by atoms with van der Waals surface area (Å²) in [5.41, 5.74) is 5.16.